The van der Waals surface area contributed by atoms with Gasteiger partial charge in [-0.3, -0.25) is 9.82 Å². The first-order chi connectivity index (χ1) is 13.3. The number of fused-ring (bicyclic) bond motifs is 1. The Hall–Kier alpha value is -2.32. The summed E-state index contributed by atoms with van der Waals surface area (Å²) in [5.41, 5.74) is -2.89. The average Bonchev–Trinajstić information content (AvgIpc) is 3.49. The predicted octanol–water partition coefficient (Wildman–Crippen LogP) is 4.55. The summed E-state index contributed by atoms with van der Waals surface area (Å²) < 4.78 is 44.4. The summed E-state index contributed by atoms with van der Waals surface area (Å²) in [5.74, 6) is 0. The molecule has 1 saturated carbocycles. The van der Waals surface area contributed by atoms with Crippen molar-refractivity contribution in [1.82, 2.24) is 9.88 Å². The molecule has 2 aliphatic rings. The van der Waals surface area contributed by atoms with Gasteiger partial charge in [0, 0.05) is 29.4 Å². The quantitative estimate of drug-likeness (QED) is 0.744. The number of nitrogens with zero attached hydrogens (tertiary/aromatic N) is 3. The molecule has 1 aromatic carbocycles. The fourth-order valence-corrected chi connectivity index (χ4v) is 3.90. The van der Waals surface area contributed by atoms with E-state index in [1.165, 1.54) is 48.5 Å². The van der Waals surface area contributed by atoms with Crippen molar-refractivity contribution in [3.8, 4) is 0 Å². The lowest BCUT2D eigenvalue weighted by Crippen LogP contribution is -2.53. The number of hydroxylamine groups is 1. The number of benzene rings is 1. The maximum Gasteiger partial charge on any atom is 0.405 e. The number of amides is 2. The number of hydrogen-bond acceptors (Lipinski definition) is 3. The van der Waals surface area contributed by atoms with E-state index in [0.29, 0.717) is 12.8 Å². The second kappa shape index (κ2) is 6.63. The van der Waals surface area contributed by atoms with Crippen molar-refractivity contribution in [2.75, 3.05) is 18.7 Å². The molecule has 148 valence electrons. The predicted molar refractivity (Wildman–Crippen MR) is 97.1 cm³/mol. The summed E-state index contributed by atoms with van der Waals surface area (Å²) >= 11 is 6.09. The molecule has 4 rings (SSSR count). The minimum atomic E-state index is -4.74. The Morgan fingerprint density at radius 1 is 1.25 bits per heavy atom. The van der Waals surface area contributed by atoms with Crippen molar-refractivity contribution >= 4 is 23.3 Å². The van der Waals surface area contributed by atoms with Crippen LogP contribution in [0, 0.1) is 0 Å². The fourth-order valence-electron chi connectivity index (χ4n) is 3.72. The number of carbonyl (C=O) groups is 1. The molecule has 0 bridgehead atoms. The molecule has 0 saturated heterocycles. The van der Waals surface area contributed by atoms with Gasteiger partial charge in [0.25, 0.3) is 0 Å². The largest absolute Gasteiger partial charge is 0.405 e. The van der Waals surface area contributed by atoms with Gasteiger partial charge < -0.3 is 4.90 Å². The lowest BCUT2D eigenvalue weighted by Gasteiger charge is -2.38. The lowest BCUT2D eigenvalue weighted by atomic mass is 9.75. The van der Waals surface area contributed by atoms with E-state index in [1.807, 2.05) is 0 Å². The molecule has 0 spiro atoms. The third kappa shape index (κ3) is 2.82. The Kier molecular flexibility index (Phi) is 4.50. The zero-order valence-corrected chi connectivity index (χ0v) is 15.7. The van der Waals surface area contributed by atoms with E-state index < -0.39 is 24.2 Å². The molecule has 9 heteroatoms. The van der Waals surface area contributed by atoms with Crippen LogP contribution < -0.4 is 5.06 Å². The first-order valence-electron chi connectivity index (χ1n) is 8.72. The molecular weight excluding hydrogens is 395 g/mol. The summed E-state index contributed by atoms with van der Waals surface area (Å²) in [4.78, 5) is 23.5. The number of rotatable bonds is 3. The molecule has 2 aromatic rings. The Morgan fingerprint density at radius 3 is 2.57 bits per heavy atom. The minimum absolute atomic E-state index is 0.00280. The van der Waals surface area contributed by atoms with E-state index in [-0.39, 0.29) is 28.0 Å². The summed E-state index contributed by atoms with van der Waals surface area (Å²) in [6, 6.07) is 7.54. The van der Waals surface area contributed by atoms with Crippen LogP contribution >= 0.6 is 11.6 Å². The molecule has 1 aliphatic heterocycles. The van der Waals surface area contributed by atoms with Gasteiger partial charge in [0.15, 0.2) is 5.41 Å². The summed E-state index contributed by atoms with van der Waals surface area (Å²) in [7, 11) is 1.25. The van der Waals surface area contributed by atoms with E-state index >= 15 is 0 Å². The van der Waals surface area contributed by atoms with E-state index in [2.05, 4.69) is 4.98 Å². The molecule has 2 amide bonds. The van der Waals surface area contributed by atoms with Gasteiger partial charge in [0.05, 0.1) is 18.5 Å². The number of halogens is 4. The van der Waals surface area contributed by atoms with Crippen LogP contribution in [0.4, 0.5) is 23.7 Å². The number of carbonyl (C=O) groups excluding carboxylic acids is 1. The maximum atomic E-state index is 14.8. The highest BCUT2D eigenvalue weighted by Crippen LogP contribution is 2.52. The highest BCUT2D eigenvalue weighted by molar-refractivity contribution is 6.30. The third-order valence-corrected chi connectivity index (χ3v) is 5.46. The van der Waals surface area contributed by atoms with Gasteiger partial charge in [0.1, 0.15) is 0 Å². The number of pyridine rings is 1. The van der Waals surface area contributed by atoms with E-state index in [0.717, 1.165) is 5.06 Å². The van der Waals surface area contributed by atoms with Crippen molar-refractivity contribution in [2.45, 2.75) is 30.5 Å². The molecule has 1 aromatic heterocycles. The molecule has 2 heterocycles. The molecule has 1 fully saturated rings. The number of hydrogen-bond donors (Lipinski definition) is 0. The van der Waals surface area contributed by atoms with Crippen LogP contribution in [-0.4, -0.2) is 41.8 Å². The number of alkyl halides is 3. The van der Waals surface area contributed by atoms with Crippen molar-refractivity contribution < 1.29 is 22.8 Å². The highest BCUT2D eigenvalue weighted by atomic mass is 35.5. The maximum absolute atomic E-state index is 14.8. The first kappa shape index (κ1) is 19.0. The van der Waals surface area contributed by atoms with Gasteiger partial charge in [-0.1, -0.05) is 17.7 Å². The minimum Gasteiger partial charge on any atom is -0.318 e. The van der Waals surface area contributed by atoms with Crippen LogP contribution in [0.2, 0.25) is 5.02 Å². The Morgan fingerprint density at radius 2 is 2.00 bits per heavy atom. The topological polar surface area (TPSA) is 45.7 Å². The number of aromatic nitrogens is 1. The van der Waals surface area contributed by atoms with Crippen LogP contribution in [-0.2, 0) is 10.3 Å². The van der Waals surface area contributed by atoms with Crippen LogP contribution in [0.25, 0.3) is 0 Å². The molecule has 0 N–H and O–H groups in total. The van der Waals surface area contributed by atoms with Crippen LogP contribution in [0.1, 0.15) is 24.1 Å². The second-order valence-electron chi connectivity index (χ2n) is 6.90. The van der Waals surface area contributed by atoms with Crippen LogP contribution in [0.5, 0.6) is 0 Å². The summed E-state index contributed by atoms with van der Waals surface area (Å²) in [5, 5.41) is 1.03. The summed E-state index contributed by atoms with van der Waals surface area (Å²) in [6.45, 7) is -0.593. The highest BCUT2D eigenvalue weighted by Gasteiger charge is 2.63. The van der Waals surface area contributed by atoms with Gasteiger partial charge in [0.2, 0.25) is 0 Å². The Balaban J connectivity index is 2.07. The van der Waals surface area contributed by atoms with Gasteiger partial charge in [-0.15, -0.1) is 0 Å². The van der Waals surface area contributed by atoms with E-state index in [4.69, 9.17) is 16.4 Å². The summed E-state index contributed by atoms with van der Waals surface area (Å²) in [6.07, 6.45) is -2.12. The van der Waals surface area contributed by atoms with Gasteiger partial charge in [-0.2, -0.15) is 18.2 Å². The monoisotopic (exact) mass is 411 g/mol. The second-order valence-corrected chi connectivity index (χ2v) is 7.33. The third-order valence-electron chi connectivity index (χ3n) is 5.22. The van der Waals surface area contributed by atoms with Crippen molar-refractivity contribution in [2.24, 2.45) is 0 Å². The smallest absolute Gasteiger partial charge is 0.318 e. The molecule has 1 atom stereocenters. The van der Waals surface area contributed by atoms with Gasteiger partial charge in [-0.25, -0.2) is 4.79 Å². The zero-order valence-electron chi connectivity index (χ0n) is 14.9. The SMILES string of the molecule is CON1C(=O)N(C2CC2)CC(c2ccccn2)(C(F)(F)F)c2cc(Cl)ccc21. The van der Waals surface area contributed by atoms with Gasteiger partial charge in [-0.05, 0) is 43.2 Å². The molecule has 0 radical (unpaired) electrons. The van der Waals surface area contributed by atoms with Crippen LogP contribution in [0.3, 0.4) is 0 Å². The van der Waals surface area contributed by atoms with Crippen molar-refractivity contribution in [3.63, 3.8) is 0 Å². The van der Waals surface area contributed by atoms with E-state index in [9.17, 15) is 18.0 Å². The van der Waals surface area contributed by atoms with Crippen LogP contribution in [0.15, 0.2) is 42.6 Å². The van der Waals surface area contributed by atoms with Crippen molar-refractivity contribution in [1.29, 1.82) is 0 Å². The van der Waals surface area contributed by atoms with Gasteiger partial charge >= 0.3 is 12.2 Å². The Bertz CT molecular complexity index is 905. The molecular formula is C19H17ClF3N3O2. The normalized spacial score (nSPS) is 22.8. The Labute approximate surface area is 164 Å². The fraction of sp³-hybridized carbons (Fsp3) is 0.368. The number of urea groups is 1. The molecule has 5 nitrogen and oxygen atoms in total. The molecule has 1 aliphatic carbocycles. The van der Waals surface area contributed by atoms with E-state index in [1.54, 1.807) is 6.07 Å². The molecule has 28 heavy (non-hydrogen) atoms. The average molecular weight is 412 g/mol. The lowest BCUT2D eigenvalue weighted by molar-refractivity contribution is -0.182. The first-order valence-corrected chi connectivity index (χ1v) is 9.10. The zero-order chi connectivity index (χ0) is 20.1. The number of anilines is 1. The molecule has 1 unspecified atom stereocenters. The van der Waals surface area contributed by atoms with Crippen molar-refractivity contribution in [3.05, 3.63) is 58.9 Å². The standard InChI is InChI=1S/C19H17ClF3N3O2/c1-28-26-15-8-5-12(20)10-14(15)18(19(21,22)23,16-4-2-3-9-24-16)11-25(17(26)27)13-6-7-13/h2-5,8-10,13H,6-7,11H2,1H3.